The highest BCUT2D eigenvalue weighted by molar-refractivity contribution is 5.67. The first-order valence-electron chi connectivity index (χ1n) is 5.78. The standard InChI is InChI=1S/C14H21NO3/c1-10(9-15-2)8-11-6-7-12(16-3)14(18-5)13(11)17-4/h6-8,15H,9H2,1-5H3. The van der Waals surface area contributed by atoms with Gasteiger partial charge in [-0.1, -0.05) is 11.6 Å². The number of hydrogen-bond donors (Lipinski definition) is 1. The van der Waals surface area contributed by atoms with Crippen LogP contribution in [-0.4, -0.2) is 34.9 Å². The molecule has 0 bridgehead atoms. The topological polar surface area (TPSA) is 39.7 Å². The first kappa shape index (κ1) is 14.4. The number of nitrogens with one attached hydrogen (secondary N) is 1. The zero-order valence-corrected chi connectivity index (χ0v) is 11.7. The van der Waals surface area contributed by atoms with Gasteiger partial charge in [-0.15, -0.1) is 0 Å². The van der Waals surface area contributed by atoms with E-state index in [1.165, 1.54) is 5.57 Å². The van der Waals surface area contributed by atoms with Gasteiger partial charge in [0.2, 0.25) is 5.75 Å². The summed E-state index contributed by atoms with van der Waals surface area (Å²) in [5.74, 6) is 1.97. The van der Waals surface area contributed by atoms with Crippen molar-refractivity contribution in [3.05, 3.63) is 23.3 Å². The normalized spacial score (nSPS) is 11.3. The largest absolute Gasteiger partial charge is 0.493 e. The van der Waals surface area contributed by atoms with Crippen molar-refractivity contribution >= 4 is 6.08 Å². The Hall–Kier alpha value is -1.68. The molecule has 4 nitrogen and oxygen atoms in total. The lowest BCUT2D eigenvalue weighted by Gasteiger charge is -2.14. The Labute approximate surface area is 109 Å². The summed E-state index contributed by atoms with van der Waals surface area (Å²) in [7, 11) is 6.76. The van der Waals surface area contributed by atoms with E-state index >= 15 is 0 Å². The van der Waals surface area contributed by atoms with Gasteiger partial charge in [0.25, 0.3) is 0 Å². The third-order valence-corrected chi connectivity index (χ3v) is 2.59. The highest BCUT2D eigenvalue weighted by Gasteiger charge is 2.14. The summed E-state index contributed by atoms with van der Waals surface area (Å²) < 4.78 is 16.0. The van der Waals surface area contributed by atoms with Crippen molar-refractivity contribution in [3.8, 4) is 17.2 Å². The van der Waals surface area contributed by atoms with E-state index in [1.54, 1.807) is 21.3 Å². The predicted octanol–water partition coefficient (Wildman–Crippen LogP) is 2.34. The van der Waals surface area contributed by atoms with Crippen LogP contribution >= 0.6 is 0 Å². The van der Waals surface area contributed by atoms with Crippen molar-refractivity contribution in [1.29, 1.82) is 0 Å². The van der Waals surface area contributed by atoms with Crippen LogP contribution in [0.2, 0.25) is 0 Å². The second-order valence-corrected chi connectivity index (χ2v) is 3.94. The van der Waals surface area contributed by atoms with Crippen LogP contribution in [0, 0.1) is 0 Å². The average molecular weight is 251 g/mol. The summed E-state index contributed by atoms with van der Waals surface area (Å²) >= 11 is 0. The maximum Gasteiger partial charge on any atom is 0.203 e. The lowest BCUT2D eigenvalue weighted by molar-refractivity contribution is 0.324. The van der Waals surface area contributed by atoms with Gasteiger partial charge in [0.05, 0.1) is 21.3 Å². The SMILES string of the molecule is CNCC(C)=Cc1ccc(OC)c(OC)c1OC. The Bertz CT molecular complexity index is 427. The van der Waals surface area contributed by atoms with Crippen molar-refractivity contribution in [2.75, 3.05) is 34.9 Å². The molecule has 0 aliphatic heterocycles. The zero-order chi connectivity index (χ0) is 13.5. The molecule has 1 N–H and O–H groups in total. The van der Waals surface area contributed by atoms with Crippen LogP contribution < -0.4 is 19.5 Å². The second kappa shape index (κ2) is 6.91. The van der Waals surface area contributed by atoms with Crippen molar-refractivity contribution in [2.24, 2.45) is 0 Å². The summed E-state index contributed by atoms with van der Waals surface area (Å²) in [6.45, 7) is 2.89. The van der Waals surface area contributed by atoms with E-state index in [-0.39, 0.29) is 0 Å². The maximum atomic E-state index is 5.42. The Morgan fingerprint density at radius 2 is 1.78 bits per heavy atom. The maximum absolute atomic E-state index is 5.42. The van der Waals surface area contributed by atoms with Crippen molar-refractivity contribution < 1.29 is 14.2 Å². The van der Waals surface area contributed by atoms with E-state index in [9.17, 15) is 0 Å². The fourth-order valence-corrected chi connectivity index (χ4v) is 1.83. The smallest absolute Gasteiger partial charge is 0.203 e. The van der Waals surface area contributed by atoms with Gasteiger partial charge in [-0.25, -0.2) is 0 Å². The Morgan fingerprint density at radius 1 is 1.11 bits per heavy atom. The van der Waals surface area contributed by atoms with Crippen LogP contribution in [0.4, 0.5) is 0 Å². The highest BCUT2D eigenvalue weighted by Crippen LogP contribution is 2.40. The quantitative estimate of drug-likeness (QED) is 0.842. The summed E-state index contributed by atoms with van der Waals surface area (Å²) in [5, 5.41) is 3.11. The summed E-state index contributed by atoms with van der Waals surface area (Å²) in [6.07, 6.45) is 2.07. The molecule has 0 aliphatic rings. The molecule has 0 atom stereocenters. The van der Waals surface area contributed by atoms with Crippen molar-refractivity contribution in [2.45, 2.75) is 6.92 Å². The number of hydrogen-bond acceptors (Lipinski definition) is 4. The molecular formula is C14H21NO3. The van der Waals surface area contributed by atoms with Gasteiger partial charge in [-0.05, 0) is 26.1 Å². The van der Waals surface area contributed by atoms with Gasteiger partial charge in [0, 0.05) is 12.1 Å². The Kier molecular flexibility index (Phi) is 5.52. The zero-order valence-electron chi connectivity index (χ0n) is 11.7. The summed E-state index contributed by atoms with van der Waals surface area (Å²) in [4.78, 5) is 0. The number of likely N-dealkylation sites (N-methyl/N-ethyl adjacent to an activating group) is 1. The van der Waals surface area contributed by atoms with Crippen LogP contribution in [0.1, 0.15) is 12.5 Å². The molecule has 1 aromatic rings. The van der Waals surface area contributed by atoms with Crippen molar-refractivity contribution in [1.82, 2.24) is 5.32 Å². The van der Waals surface area contributed by atoms with Gasteiger partial charge >= 0.3 is 0 Å². The lowest BCUT2D eigenvalue weighted by atomic mass is 10.1. The molecule has 4 heteroatoms. The van der Waals surface area contributed by atoms with Crippen LogP contribution in [-0.2, 0) is 0 Å². The van der Waals surface area contributed by atoms with Crippen LogP contribution in [0.5, 0.6) is 17.2 Å². The van der Waals surface area contributed by atoms with E-state index in [4.69, 9.17) is 14.2 Å². The Morgan fingerprint density at radius 3 is 2.28 bits per heavy atom. The first-order chi connectivity index (χ1) is 8.67. The molecule has 0 radical (unpaired) electrons. The number of benzene rings is 1. The second-order valence-electron chi connectivity index (χ2n) is 3.94. The predicted molar refractivity (Wildman–Crippen MR) is 73.7 cm³/mol. The van der Waals surface area contributed by atoms with Crippen LogP contribution in [0.25, 0.3) is 6.08 Å². The van der Waals surface area contributed by atoms with Crippen molar-refractivity contribution in [3.63, 3.8) is 0 Å². The van der Waals surface area contributed by atoms with Gasteiger partial charge < -0.3 is 19.5 Å². The molecule has 0 aliphatic carbocycles. The van der Waals surface area contributed by atoms with Gasteiger partial charge in [0.15, 0.2) is 11.5 Å². The molecule has 100 valence electrons. The average Bonchev–Trinajstić information content (AvgIpc) is 2.38. The van der Waals surface area contributed by atoms with E-state index in [0.717, 1.165) is 12.1 Å². The molecular weight excluding hydrogens is 230 g/mol. The molecule has 1 aromatic carbocycles. The van der Waals surface area contributed by atoms with E-state index < -0.39 is 0 Å². The molecule has 0 saturated carbocycles. The highest BCUT2D eigenvalue weighted by atomic mass is 16.5. The molecule has 0 heterocycles. The third kappa shape index (κ3) is 3.17. The Balaban J connectivity index is 3.24. The molecule has 0 unspecified atom stereocenters. The van der Waals surface area contributed by atoms with Crippen LogP contribution in [0.15, 0.2) is 17.7 Å². The summed E-state index contributed by atoms with van der Waals surface area (Å²) in [6, 6.07) is 3.83. The fourth-order valence-electron chi connectivity index (χ4n) is 1.83. The molecule has 18 heavy (non-hydrogen) atoms. The van der Waals surface area contributed by atoms with E-state index in [2.05, 4.69) is 18.3 Å². The molecule has 0 aromatic heterocycles. The third-order valence-electron chi connectivity index (χ3n) is 2.59. The van der Waals surface area contributed by atoms with Gasteiger partial charge in [0.1, 0.15) is 0 Å². The fraction of sp³-hybridized carbons (Fsp3) is 0.429. The number of methoxy groups -OCH3 is 3. The molecule has 0 spiro atoms. The number of rotatable bonds is 6. The van der Waals surface area contributed by atoms with Gasteiger partial charge in [-0.3, -0.25) is 0 Å². The summed E-state index contributed by atoms with van der Waals surface area (Å²) in [5.41, 5.74) is 2.19. The minimum absolute atomic E-state index is 0.617. The molecule has 0 amide bonds. The first-order valence-corrected chi connectivity index (χ1v) is 5.78. The van der Waals surface area contributed by atoms with Gasteiger partial charge in [-0.2, -0.15) is 0 Å². The van der Waals surface area contributed by atoms with E-state index in [0.29, 0.717) is 17.2 Å². The lowest BCUT2D eigenvalue weighted by Crippen LogP contribution is -2.08. The monoisotopic (exact) mass is 251 g/mol. The molecule has 0 fully saturated rings. The van der Waals surface area contributed by atoms with E-state index in [1.807, 2.05) is 19.2 Å². The molecule has 1 rings (SSSR count). The van der Waals surface area contributed by atoms with Crippen LogP contribution in [0.3, 0.4) is 0 Å². The molecule has 0 saturated heterocycles. The minimum atomic E-state index is 0.617. The number of ether oxygens (including phenoxy) is 3. The minimum Gasteiger partial charge on any atom is -0.493 e.